The van der Waals surface area contributed by atoms with Crippen molar-refractivity contribution >= 4 is 34.0 Å². The van der Waals surface area contributed by atoms with E-state index < -0.39 is 4.92 Å². The fraction of sp³-hybridized carbons (Fsp3) is 0.400. The van der Waals surface area contributed by atoms with Crippen LogP contribution in [0.25, 0.3) is 0 Å². The van der Waals surface area contributed by atoms with Crippen molar-refractivity contribution in [2.45, 2.75) is 25.0 Å². The molecule has 1 aliphatic carbocycles. The highest BCUT2D eigenvalue weighted by Crippen LogP contribution is 2.28. The smallest absolute Gasteiger partial charge is 0.282 e. The van der Waals surface area contributed by atoms with Crippen molar-refractivity contribution in [1.82, 2.24) is 0 Å². The zero-order chi connectivity index (χ0) is 11.7. The first-order valence-electron chi connectivity index (χ1n) is 4.95. The molecule has 0 aromatic heterocycles. The SMILES string of the molecule is O=[N+]([O-])c1ccc(NC2CC(O)C2)cc1I. The van der Waals surface area contributed by atoms with Gasteiger partial charge >= 0.3 is 0 Å². The van der Waals surface area contributed by atoms with Gasteiger partial charge in [-0.05, 0) is 47.6 Å². The lowest BCUT2D eigenvalue weighted by Crippen LogP contribution is -2.38. The number of halogens is 1. The van der Waals surface area contributed by atoms with Gasteiger partial charge in [0.1, 0.15) is 0 Å². The number of aliphatic hydroxyl groups excluding tert-OH is 1. The predicted molar refractivity (Wildman–Crippen MR) is 68.5 cm³/mol. The van der Waals surface area contributed by atoms with Crippen molar-refractivity contribution in [3.05, 3.63) is 31.9 Å². The molecule has 1 aromatic rings. The molecule has 1 aliphatic rings. The zero-order valence-corrected chi connectivity index (χ0v) is 10.5. The van der Waals surface area contributed by atoms with Crippen LogP contribution >= 0.6 is 22.6 Å². The summed E-state index contributed by atoms with van der Waals surface area (Å²) in [7, 11) is 0. The van der Waals surface area contributed by atoms with E-state index in [4.69, 9.17) is 5.11 Å². The number of nitro groups is 1. The van der Waals surface area contributed by atoms with Crippen LogP contribution in [0.4, 0.5) is 11.4 Å². The topological polar surface area (TPSA) is 75.4 Å². The Labute approximate surface area is 106 Å². The van der Waals surface area contributed by atoms with E-state index in [1.165, 1.54) is 6.07 Å². The van der Waals surface area contributed by atoms with Crippen LogP contribution in [0.15, 0.2) is 18.2 Å². The summed E-state index contributed by atoms with van der Waals surface area (Å²) in [6, 6.07) is 5.24. The molecule has 0 atom stereocenters. The van der Waals surface area contributed by atoms with Crippen LogP contribution in [-0.4, -0.2) is 22.2 Å². The van der Waals surface area contributed by atoms with Crippen LogP contribution in [0.2, 0.25) is 0 Å². The Balaban J connectivity index is 2.06. The van der Waals surface area contributed by atoms with Gasteiger partial charge in [-0.15, -0.1) is 0 Å². The summed E-state index contributed by atoms with van der Waals surface area (Å²) < 4.78 is 0.618. The van der Waals surface area contributed by atoms with E-state index in [2.05, 4.69) is 5.32 Å². The number of anilines is 1. The summed E-state index contributed by atoms with van der Waals surface area (Å²) >= 11 is 1.95. The Morgan fingerprint density at radius 1 is 1.50 bits per heavy atom. The van der Waals surface area contributed by atoms with Crippen LogP contribution in [0.1, 0.15) is 12.8 Å². The summed E-state index contributed by atoms with van der Waals surface area (Å²) in [6.45, 7) is 0. The normalized spacial score (nSPS) is 23.6. The number of nitrogens with one attached hydrogen (secondary N) is 1. The molecular formula is C10H11IN2O3. The second-order valence-electron chi connectivity index (χ2n) is 3.89. The number of nitro benzene ring substituents is 1. The van der Waals surface area contributed by atoms with E-state index >= 15 is 0 Å². The summed E-state index contributed by atoms with van der Waals surface area (Å²) in [5.41, 5.74) is 0.992. The summed E-state index contributed by atoms with van der Waals surface area (Å²) in [6.07, 6.45) is 1.29. The first-order chi connectivity index (χ1) is 7.56. The Morgan fingerprint density at radius 2 is 2.19 bits per heavy atom. The molecule has 0 aliphatic heterocycles. The highest BCUT2D eigenvalue weighted by molar-refractivity contribution is 14.1. The molecule has 5 nitrogen and oxygen atoms in total. The van der Waals surface area contributed by atoms with Gasteiger partial charge in [0.2, 0.25) is 0 Å². The minimum Gasteiger partial charge on any atom is -0.393 e. The Morgan fingerprint density at radius 3 is 2.69 bits per heavy atom. The van der Waals surface area contributed by atoms with Gasteiger partial charge in [-0.1, -0.05) is 0 Å². The molecular weight excluding hydrogens is 323 g/mol. The number of rotatable bonds is 3. The molecule has 2 N–H and O–H groups in total. The van der Waals surface area contributed by atoms with Gasteiger partial charge < -0.3 is 10.4 Å². The molecule has 0 unspecified atom stereocenters. The predicted octanol–water partition coefficient (Wildman–Crippen LogP) is 2.13. The molecule has 86 valence electrons. The molecule has 6 heteroatoms. The molecule has 0 radical (unpaired) electrons. The van der Waals surface area contributed by atoms with Gasteiger partial charge in [0.05, 0.1) is 14.6 Å². The number of nitrogens with zero attached hydrogens (tertiary/aromatic N) is 1. The largest absolute Gasteiger partial charge is 0.393 e. The third kappa shape index (κ3) is 2.43. The van der Waals surface area contributed by atoms with E-state index in [0.29, 0.717) is 3.57 Å². The standard InChI is InChI=1S/C10H11IN2O3/c11-9-5-6(1-2-10(9)13(15)16)12-7-3-8(14)4-7/h1-2,5,7-8,12,14H,3-4H2. The third-order valence-electron chi connectivity index (χ3n) is 2.63. The molecule has 1 aromatic carbocycles. The first kappa shape index (κ1) is 11.6. The minimum absolute atomic E-state index is 0.125. The van der Waals surface area contributed by atoms with Gasteiger partial charge in [-0.25, -0.2) is 0 Å². The first-order valence-corrected chi connectivity index (χ1v) is 6.02. The second kappa shape index (κ2) is 4.54. The van der Waals surface area contributed by atoms with Crippen LogP contribution in [-0.2, 0) is 0 Å². The Kier molecular flexibility index (Phi) is 3.29. The van der Waals surface area contributed by atoms with E-state index in [0.717, 1.165) is 18.5 Å². The lowest BCUT2D eigenvalue weighted by molar-refractivity contribution is -0.385. The van der Waals surface area contributed by atoms with E-state index in [1.807, 2.05) is 22.6 Å². The molecule has 0 heterocycles. The van der Waals surface area contributed by atoms with Gasteiger partial charge in [0.15, 0.2) is 0 Å². The Bertz CT molecular complexity index is 419. The van der Waals surface area contributed by atoms with Crippen molar-refractivity contribution in [3.63, 3.8) is 0 Å². The average Bonchev–Trinajstić information content (AvgIpc) is 2.15. The second-order valence-corrected chi connectivity index (χ2v) is 5.05. The highest BCUT2D eigenvalue weighted by atomic mass is 127. The van der Waals surface area contributed by atoms with Crippen molar-refractivity contribution in [3.8, 4) is 0 Å². The van der Waals surface area contributed by atoms with Crippen LogP contribution < -0.4 is 5.32 Å². The van der Waals surface area contributed by atoms with Gasteiger partial charge in [-0.3, -0.25) is 10.1 Å². The molecule has 0 amide bonds. The summed E-state index contributed by atoms with van der Waals surface area (Å²) in [5.74, 6) is 0. The van der Waals surface area contributed by atoms with Crippen LogP contribution in [0.5, 0.6) is 0 Å². The van der Waals surface area contributed by atoms with E-state index in [-0.39, 0.29) is 17.8 Å². The van der Waals surface area contributed by atoms with Gasteiger partial charge in [-0.2, -0.15) is 0 Å². The molecule has 1 saturated carbocycles. The fourth-order valence-electron chi connectivity index (χ4n) is 1.69. The molecule has 2 rings (SSSR count). The highest BCUT2D eigenvalue weighted by Gasteiger charge is 2.27. The minimum atomic E-state index is -0.390. The number of benzene rings is 1. The maximum absolute atomic E-state index is 10.6. The number of aliphatic hydroxyl groups is 1. The lowest BCUT2D eigenvalue weighted by Gasteiger charge is -2.32. The van der Waals surface area contributed by atoms with E-state index in [1.54, 1.807) is 12.1 Å². The molecule has 0 saturated heterocycles. The fourth-order valence-corrected chi connectivity index (χ4v) is 2.40. The zero-order valence-electron chi connectivity index (χ0n) is 8.39. The van der Waals surface area contributed by atoms with Gasteiger partial charge in [0.25, 0.3) is 5.69 Å². The molecule has 0 spiro atoms. The quantitative estimate of drug-likeness (QED) is 0.504. The molecule has 1 fully saturated rings. The summed E-state index contributed by atoms with van der Waals surface area (Å²) in [4.78, 5) is 10.2. The van der Waals surface area contributed by atoms with Crippen LogP contribution in [0.3, 0.4) is 0 Å². The average molecular weight is 334 g/mol. The third-order valence-corrected chi connectivity index (χ3v) is 3.49. The molecule has 0 bridgehead atoms. The van der Waals surface area contributed by atoms with Crippen molar-refractivity contribution in [1.29, 1.82) is 0 Å². The maximum Gasteiger partial charge on any atom is 0.282 e. The molecule has 16 heavy (non-hydrogen) atoms. The van der Waals surface area contributed by atoms with Gasteiger partial charge in [0, 0.05) is 17.8 Å². The maximum atomic E-state index is 10.6. The number of hydrogen-bond acceptors (Lipinski definition) is 4. The van der Waals surface area contributed by atoms with Crippen LogP contribution in [0, 0.1) is 13.7 Å². The summed E-state index contributed by atoms with van der Waals surface area (Å²) in [5, 5.41) is 23.0. The Hall–Kier alpha value is -0.890. The lowest BCUT2D eigenvalue weighted by atomic mass is 9.89. The van der Waals surface area contributed by atoms with Crippen molar-refractivity contribution in [2.24, 2.45) is 0 Å². The van der Waals surface area contributed by atoms with Crippen molar-refractivity contribution < 1.29 is 10.0 Å². The van der Waals surface area contributed by atoms with E-state index in [9.17, 15) is 10.1 Å². The monoisotopic (exact) mass is 334 g/mol. The van der Waals surface area contributed by atoms with Crippen molar-refractivity contribution in [2.75, 3.05) is 5.32 Å². The number of hydrogen-bond donors (Lipinski definition) is 2.